The lowest BCUT2D eigenvalue weighted by atomic mass is 10.1. The van der Waals surface area contributed by atoms with E-state index < -0.39 is 5.91 Å². The van der Waals surface area contributed by atoms with Gasteiger partial charge in [0.25, 0.3) is 11.1 Å². The molecule has 0 bridgehead atoms. The van der Waals surface area contributed by atoms with Crippen LogP contribution in [-0.2, 0) is 4.79 Å². The Kier molecular flexibility index (Phi) is 4.63. The standard InChI is InChI=1S/C21H15N3O3S/c1-24(2)16-7-4-13(5-8-16)3-6-14-11-22-12-15-9-17(27-19(14)15)10-18-20(25)23-21(26)28-18/h4-5,7-12H,1-2H3,(H,23,25,26)/b18-10-. The first kappa shape index (κ1) is 17.9. The van der Waals surface area contributed by atoms with E-state index in [0.29, 0.717) is 21.8 Å². The first-order valence-corrected chi connectivity index (χ1v) is 9.23. The number of furan rings is 1. The lowest BCUT2D eigenvalue weighted by Crippen LogP contribution is -2.17. The van der Waals surface area contributed by atoms with Crippen molar-refractivity contribution in [1.29, 1.82) is 0 Å². The van der Waals surface area contributed by atoms with Gasteiger partial charge in [0.15, 0.2) is 5.58 Å². The Hall–Kier alpha value is -3.50. The van der Waals surface area contributed by atoms with Crippen molar-refractivity contribution in [3.05, 3.63) is 64.5 Å². The number of fused-ring (bicyclic) bond motifs is 1. The smallest absolute Gasteiger partial charge is 0.290 e. The zero-order valence-corrected chi connectivity index (χ0v) is 16.0. The number of carbonyl (C=O) groups is 2. The van der Waals surface area contributed by atoms with Crippen molar-refractivity contribution in [3.8, 4) is 11.8 Å². The van der Waals surface area contributed by atoms with Gasteiger partial charge in [-0.15, -0.1) is 0 Å². The van der Waals surface area contributed by atoms with Crippen molar-refractivity contribution in [1.82, 2.24) is 10.3 Å². The van der Waals surface area contributed by atoms with Crippen molar-refractivity contribution < 1.29 is 14.0 Å². The average molecular weight is 389 g/mol. The zero-order valence-electron chi connectivity index (χ0n) is 15.1. The van der Waals surface area contributed by atoms with Crippen LogP contribution >= 0.6 is 11.8 Å². The van der Waals surface area contributed by atoms with Gasteiger partial charge in [0.2, 0.25) is 0 Å². The number of nitrogens with zero attached hydrogens (tertiary/aromatic N) is 2. The summed E-state index contributed by atoms with van der Waals surface area (Å²) in [6, 6.07) is 9.70. The van der Waals surface area contributed by atoms with E-state index in [1.165, 1.54) is 0 Å². The van der Waals surface area contributed by atoms with Gasteiger partial charge in [-0.3, -0.25) is 19.9 Å². The van der Waals surface area contributed by atoms with Gasteiger partial charge in [-0.1, -0.05) is 11.8 Å². The number of aromatic nitrogens is 1. The predicted octanol–water partition coefficient (Wildman–Crippen LogP) is 3.62. The van der Waals surface area contributed by atoms with Crippen molar-refractivity contribution in [2.45, 2.75) is 0 Å². The molecule has 4 rings (SSSR count). The monoisotopic (exact) mass is 389 g/mol. The van der Waals surface area contributed by atoms with Gasteiger partial charge < -0.3 is 9.32 Å². The second-order valence-corrected chi connectivity index (χ2v) is 7.31. The Bertz CT molecular complexity index is 1180. The van der Waals surface area contributed by atoms with Crippen LogP contribution in [0, 0.1) is 11.8 Å². The largest absolute Gasteiger partial charge is 0.455 e. The molecule has 7 heteroatoms. The quantitative estimate of drug-likeness (QED) is 0.533. The molecule has 1 N–H and O–H groups in total. The number of thioether (sulfide) groups is 1. The van der Waals surface area contributed by atoms with Crippen LogP contribution in [0.1, 0.15) is 16.9 Å². The molecule has 1 aliphatic heterocycles. The fraction of sp³-hybridized carbons (Fsp3) is 0.0952. The third-order valence-electron chi connectivity index (χ3n) is 4.08. The molecule has 1 aromatic carbocycles. The lowest BCUT2D eigenvalue weighted by Gasteiger charge is -2.11. The molecule has 0 saturated carbocycles. The molecule has 0 radical (unpaired) electrons. The minimum absolute atomic E-state index is 0.297. The molecule has 28 heavy (non-hydrogen) atoms. The summed E-state index contributed by atoms with van der Waals surface area (Å²) >= 11 is 0.848. The van der Waals surface area contributed by atoms with Crippen LogP contribution in [-0.4, -0.2) is 30.2 Å². The van der Waals surface area contributed by atoms with Gasteiger partial charge in [0.1, 0.15) is 5.76 Å². The number of anilines is 1. The summed E-state index contributed by atoms with van der Waals surface area (Å²) in [4.78, 5) is 29.5. The number of pyridine rings is 1. The first-order chi connectivity index (χ1) is 13.5. The minimum atomic E-state index is -0.422. The van der Waals surface area contributed by atoms with Crippen molar-refractivity contribution >= 4 is 45.6 Å². The third-order valence-corrected chi connectivity index (χ3v) is 4.89. The normalized spacial score (nSPS) is 14.9. The van der Waals surface area contributed by atoms with E-state index in [4.69, 9.17) is 4.42 Å². The molecule has 0 aliphatic carbocycles. The summed E-state index contributed by atoms with van der Waals surface area (Å²) in [7, 11) is 3.97. The number of rotatable bonds is 2. The average Bonchev–Trinajstić information content (AvgIpc) is 3.22. The van der Waals surface area contributed by atoms with Crippen molar-refractivity contribution in [3.63, 3.8) is 0 Å². The second kappa shape index (κ2) is 7.25. The van der Waals surface area contributed by atoms with E-state index in [1.54, 1.807) is 24.5 Å². The number of benzene rings is 1. The molecule has 2 aromatic heterocycles. The highest BCUT2D eigenvalue weighted by Gasteiger charge is 2.25. The Labute approximate surface area is 165 Å². The summed E-state index contributed by atoms with van der Waals surface area (Å²) in [5, 5.41) is 2.61. The van der Waals surface area contributed by atoms with Gasteiger partial charge in [-0.25, -0.2) is 0 Å². The number of hydrogen-bond donors (Lipinski definition) is 1. The Morgan fingerprint density at radius 1 is 1.14 bits per heavy atom. The van der Waals surface area contributed by atoms with Crippen LogP contribution in [0.5, 0.6) is 0 Å². The van der Waals surface area contributed by atoms with Crippen LogP contribution in [0.15, 0.2) is 52.0 Å². The summed E-state index contributed by atoms with van der Waals surface area (Å²) in [5.41, 5.74) is 3.23. The van der Waals surface area contributed by atoms with Gasteiger partial charge in [-0.05, 0) is 42.1 Å². The second-order valence-electron chi connectivity index (χ2n) is 6.30. The highest BCUT2D eigenvalue weighted by molar-refractivity contribution is 8.18. The van der Waals surface area contributed by atoms with Gasteiger partial charge in [-0.2, -0.15) is 0 Å². The maximum Gasteiger partial charge on any atom is 0.290 e. The fourth-order valence-electron chi connectivity index (χ4n) is 2.67. The van der Waals surface area contributed by atoms with Gasteiger partial charge in [0.05, 0.1) is 10.5 Å². The summed E-state index contributed by atoms with van der Waals surface area (Å²) in [6.45, 7) is 0. The van der Waals surface area contributed by atoms with Crippen LogP contribution in [0.2, 0.25) is 0 Å². The maximum atomic E-state index is 11.7. The molecular formula is C21H15N3O3S. The Morgan fingerprint density at radius 3 is 2.61 bits per heavy atom. The Balaban J connectivity index is 1.66. The summed E-state index contributed by atoms with van der Waals surface area (Å²) < 4.78 is 5.85. The van der Waals surface area contributed by atoms with Gasteiger partial charge in [0, 0.05) is 49.2 Å². The van der Waals surface area contributed by atoms with E-state index in [2.05, 4.69) is 22.1 Å². The molecule has 0 spiro atoms. The zero-order chi connectivity index (χ0) is 19.7. The Morgan fingerprint density at radius 2 is 1.93 bits per heavy atom. The van der Waals surface area contributed by atoms with Crippen LogP contribution < -0.4 is 10.2 Å². The third kappa shape index (κ3) is 3.63. The van der Waals surface area contributed by atoms with E-state index >= 15 is 0 Å². The maximum absolute atomic E-state index is 11.7. The molecular weight excluding hydrogens is 374 g/mol. The number of nitrogens with one attached hydrogen (secondary N) is 1. The van der Waals surface area contributed by atoms with Crippen molar-refractivity contribution in [2.75, 3.05) is 19.0 Å². The van der Waals surface area contributed by atoms with Crippen LogP contribution in [0.4, 0.5) is 10.5 Å². The highest BCUT2D eigenvalue weighted by Crippen LogP contribution is 2.28. The molecule has 1 saturated heterocycles. The van der Waals surface area contributed by atoms with Crippen molar-refractivity contribution in [2.24, 2.45) is 0 Å². The molecule has 6 nitrogen and oxygen atoms in total. The molecule has 1 fully saturated rings. The van der Waals surface area contributed by atoms with E-state index in [9.17, 15) is 9.59 Å². The predicted molar refractivity (Wildman–Crippen MR) is 110 cm³/mol. The van der Waals surface area contributed by atoms with E-state index in [0.717, 1.165) is 28.4 Å². The fourth-order valence-corrected chi connectivity index (χ4v) is 3.34. The summed E-state index contributed by atoms with van der Waals surface area (Å²) in [6.07, 6.45) is 4.86. The molecule has 3 aromatic rings. The molecule has 138 valence electrons. The molecule has 3 heterocycles. The number of imide groups is 1. The first-order valence-electron chi connectivity index (χ1n) is 8.41. The molecule has 2 amide bonds. The number of hydrogen-bond acceptors (Lipinski definition) is 6. The minimum Gasteiger partial charge on any atom is -0.455 e. The van der Waals surface area contributed by atoms with Crippen LogP contribution in [0.25, 0.3) is 17.0 Å². The van der Waals surface area contributed by atoms with E-state index in [1.807, 2.05) is 43.3 Å². The lowest BCUT2D eigenvalue weighted by molar-refractivity contribution is -0.115. The number of carbonyl (C=O) groups excluding carboxylic acids is 2. The van der Waals surface area contributed by atoms with Crippen LogP contribution in [0.3, 0.4) is 0 Å². The SMILES string of the molecule is CN(C)c1ccc(C#Cc2cncc3cc(/C=C4\SC(=O)NC4=O)oc23)cc1. The molecule has 0 atom stereocenters. The molecule has 1 aliphatic rings. The highest BCUT2D eigenvalue weighted by atomic mass is 32.2. The van der Waals surface area contributed by atoms with E-state index in [-0.39, 0.29) is 5.24 Å². The molecule has 0 unspecified atom stereocenters. The number of amides is 2. The summed E-state index contributed by atoms with van der Waals surface area (Å²) in [5.74, 6) is 6.26. The topological polar surface area (TPSA) is 75.4 Å². The van der Waals surface area contributed by atoms with Gasteiger partial charge >= 0.3 is 0 Å².